The van der Waals surface area contributed by atoms with E-state index in [2.05, 4.69) is 31.5 Å². The SMILES string of the molecule is COc1ccccc1C(=O)NC[C@H](c1ccccc1)[NH+](C)C. The minimum atomic E-state index is -0.111. The van der Waals surface area contributed by atoms with E-state index in [1.54, 1.807) is 19.2 Å². The van der Waals surface area contributed by atoms with Crippen molar-refractivity contribution in [3.05, 3.63) is 65.7 Å². The number of rotatable bonds is 6. The molecule has 116 valence electrons. The van der Waals surface area contributed by atoms with Gasteiger partial charge in [-0.2, -0.15) is 0 Å². The zero-order chi connectivity index (χ0) is 15.9. The van der Waals surface area contributed by atoms with Crippen LogP contribution in [0.25, 0.3) is 0 Å². The number of quaternary nitrogens is 1. The van der Waals surface area contributed by atoms with Crippen LogP contribution < -0.4 is 15.0 Å². The second kappa shape index (κ2) is 7.61. The maximum atomic E-state index is 12.4. The Balaban J connectivity index is 2.08. The van der Waals surface area contributed by atoms with Crippen LogP contribution in [0, 0.1) is 0 Å². The Morgan fingerprint density at radius 3 is 2.36 bits per heavy atom. The number of carbonyl (C=O) groups excluding carboxylic acids is 1. The van der Waals surface area contributed by atoms with Crippen molar-refractivity contribution in [1.82, 2.24) is 5.32 Å². The summed E-state index contributed by atoms with van der Waals surface area (Å²) in [4.78, 5) is 13.7. The van der Waals surface area contributed by atoms with Gasteiger partial charge in [0, 0.05) is 5.56 Å². The highest BCUT2D eigenvalue weighted by molar-refractivity contribution is 5.96. The Hall–Kier alpha value is -2.33. The predicted molar refractivity (Wildman–Crippen MR) is 87.3 cm³/mol. The van der Waals surface area contributed by atoms with Gasteiger partial charge in [-0.05, 0) is 12.1 Å². The number of likely N-dealkylation sites (N-methyl/N-ethyl adjacent to an activating group) is 1. The minimum absolute atomic E-state index is 0.111. The van der Waals surface area contributed by atoms with Crippen LogP contribution in [0.15, 0.2) is 54.6 Å². The Labute approximate surface area is 131 Å². The number of carbonyl (C=O) groups is 1. The first-order chi connectivity index (χ1) is 10.6. The Morgan fingerprint density at radius 2 is 1.73 bits per heavy atom. The molecule has 0 spiro atoms. The summed E-state index contributed by atoms with van der Waals surface area (Å²) in [5.41, 5.74) is 1.77. The van der Waals surface area contributed by atoms with E-state index in [9.17, 15) is 4.79 Å². The fourth-order valence-corrected chi connectivity index (χ4v) is 2.46. The van der Waals surface area contributed by atoms with Gasteiger partial charge in [-0.1, -0.05) is 42.5 Å². The van der Waals surface area contributed by atoms with Crippen LogP contribution in [0.2, 0.25) is 0 Å². The highest BCUT2D eigenvalue weighted by Crippen LogP contribution is 2.17. The van der Waals surface area contributed by atoms with Gasteiger partial charge < -0.3 is 15.0 Å². The van der Waals surface area contributed by atoms with Crippen LogP contribution in [-0.4, -0.2) is 33.7 Å². The zero-order valence-corrected chi connectivity index (χ0v) is 13.3. The fourth-order valence-electron chi connectivity index (χ4n) is 2.46. The molecular formula is C18H23N2O2+. The molecule has 0 unspecified atom stereocenters. The van der Waals surface area contributed by atoms with Crippen LogP contribution >= 0.6 is 0 Å². The zero-order valence-electron chi connectivity index (χ0n) is 13.3. The van der Waals surface area contributed by atoms with Gasteiger partial charge in [0.25, 0.3) is 5.91 Å². The number of benzene rings is 2. The second-order valence-corrected chi connectivity index (χ2v) is 5.45. The molecule has 0 saturated heterocycles. The van der Waals surface area contributed by atoms with Gasteiger partial charge >= 0.3 is 0 Å². The second-order valence-electron chi connectivity index (χ2n) is 5.45. The van der Waals surface area contributed by atoms with Crippen LogP contribution in [0.5, 0.6) is 5.75 Å². The average Bonchev–Trinajstić information content (AvgIpc) is 2.55. The molecule has 1 amide bonds. The fraction of sp³-hybridized carbons (Fsp3) is 0.278. The molecule has 4 nitrogen and oxygen atoms in total. The van der Waals surface area contributed by atoms with E-state index in [0.29, 0.717) is 17.9 Å². The number of hydrogen-bond acceptors (Lipinski definition) is 2. The van der Waals surface area contributed by atoms with E-state index in [1.807, 2.05) is 30.3 Å². The van der Waals surface area contributed by atoms with Crippen molar-refractivity contribution in [2.45, 2.75) is 6.04 Å². The summed E-state index contributed by atoms with van der Waals surface area (Å²) in [5, 5.41) is 3.01. The van der Waals surface area contributed by atoms with Gasteiger partial charge in [0.2, 0.25) is 0 Å². The number of nitrogens with one attached hydrogen (secondary N) is 2. The number of hydrogen-bond donors (Lipinski definition) is 2. The predicted octanol–water partition coefficient (Wildman–Crippen LogP) is 1.31. The van der Waals surface area contributed by atoms with Crippen molar-refractivity contribution < 1.29 is 14.4 Å². The van der Waals surface area contributed by atoms with Crippen LogP contribution in [0.4, 0.5) is 0 Å². The lowest BCUT2D eigenvalue weighted by atomic mass is 10.1. The van der Waals surface area contributed by atoms with Crippen LogP contribution in [0.3, 0.4) is 0 Å². The molecule has 0 fully saturated rings. The Kier molecular flexibility index (Phi) is 5.55. The normalized spacial score (nSPS) is 12.0. The van der Waals surface area contributed by atoms with E-state index in [4.69, 9.17) is 4.74 Å². The highest BCUT2D eigenvalue weighted by atomic mass is 16.5. The van der Waals surface area contributed by atoms with Gasteiger partial charge in [-0.3, -0.25) is 4.79 Å². The van der Waals surface area contributed by atoms with Crippen molar-refractivity contribution in [3.63, 3.8) is 0 Å². The first kappa shape index (κ1) is 16.0. The van der Waals surface area contributed by atoms with Crippen molar-refractivity contribution in [3.8, 4) is 5.75 Å². The number of methoxy groups -OCH3 is 1. The van der Waals surface area contributed by atoms with E-state index < -0.39 is 0 Å². The van der Waals surface area contributed by atoms with Crippen molar-refractivity contribution in [1.29, 1.82) is 0 Å². The summed E-state index contributed by atoms with van der Waals surface area (Å²) in [6, 6.07) is 17.7. The van der Waals surface area contributed by atoms with Gasteiger partial charge in [0.05, 0.1) is 33.3 Å². The molecule has 0 aliphatic carbocycles. The summed E-state index contributed by atoms with van der Waals surface area (Å²) in [6.45, 7) is 0.573. The van der Waals surface area contributed by atoms with Gasteiger partial charge in [0.15, 0.2) is 0 Å². The maximum absolute atomic E-state index is 12.4. The summed E-state index contributed by atoms with van der Waals surface area (Å²) in [6.07, 6.45) is 0. The quantitative estimate of drug-likeness (QED) is 0.844. The summed E-state index contributed by atoms with van der Waals surface area (Å²) >= 11 is 0. The Bertz CT molecular complexity index is 611. The maximum Gasteiger partial charge on any atom is 0.255 e. The molecule has 0 bridgehead atoms. The number of para-hydroxylation sites is 1. The first-order valence-corrected chi connectivity index (χ1v) is 7.39. The molecule has 0 heterocycles. The van der Waals surface area contributed by atoms with Crippen molar-refractivity contribution in [2.24, 2.45) is 0 Å². The lowest BCUT2D eigenvalue weighted by molar-refractivity contribution is -0.890. The third-order valence-electron chi connectivity index (χ3n) is 3.72. The summed E-state index contributed by atoms with van der Waals surface area (Å²) < 4.78 is 5.24. The number of amides is 1. The molecule has 1 atom stereocenters. The highest BCUT2D eigenvalue weighted by Gasteiger charge is 2.19. The molecule has 0 aliphatic heterocycles. The van der Waals surface area contributed by atoms with E-state index in [1.165, 1.54) is 10.5 Å². The topological polar surface area (TPSA) is 42.8 Å². The lowest BCUT2D eigenvalue weighted by Crippen LogP contribution is -3.07. The van der Waals surface area contributed by atoms with Gasteiger partial charge in [-0.15, -0.1) is 0 Å². The third-order valence-corrected chi connectivity index (χ3v) is 3.72. The summed E-state index contributed by atoms with van der Waals surface area (Å²) in [7, 11) is 5.75. The van der Waals surface area contributed by atoms with Gasteiger partial charge in [-0.25, -0.2) is 0 Å². The van der Waals surface area contributed by atoms with Crippen molar-refractivity contribution >= 4 is 5.91 Å². The molecule has 2 aromatic rings. The molecule has 2 rings (SSSR count). The molecule has 22 heavy (non-hydrogen) atoms. The molecule has 0 saturated carbocycles. The van der Waals surface area contributed by atoms with E-state index in [-0.39, 0.29) is 11.9 Å². The standard InChI is InChI=1S/C18H22N2O2/c1-20(2)16(14-9-5-4-6-10-14)13-19-18(21)15-11-7-8-12-17(15)22-3/h4-12,16H,13H2,1-3H3,(H,19,21)/p+1/t16-/m1/s1. The first-order valence-electron chi connectivity index (χ1n) is 7.39. The molecule has 2 N–H and O–H groups in total. The molecular weight excluding hydrogens is 276 g/mol. The average molecular weight is 299 g/mol. The van der Waals surface area contributed by atoms with Crippen molar-refractivity contribution in [2.75, 3.05) is 27.7 Å². The van der Waals surface area contributed by atoms with E-state index in [0.717, 1.165) is 0 Å². The van der Waals surface area contributed by atoms with Crippen LogP contribution in [0.1, 0.15) is 22.0 Å². The molecule has 0 aromatic heterocycles. The minimum Gasteiger partial charge on any atom is -0.496 e. The smallest absolute Gasteiger partial charge is 0.255 e. The number of ether oxygens (including phenoxy) is 1. The summed E-state index contributed by atoms with van der Waals surface area (Å²) in [5.74, 6) is 0.480. The molecule has 0 aliphatic rings. The lowest BCUT2D eigenvalue weighted by Gasteiger charge is -2.22. The molecule has 0 radical (unpaired) electrons. The molecule has 2 aromatic carbocycles. The largest absolute Gasteiger partial charge is 0.496 e. The van der Waals surface area contributed by atoms with Gasteiger partial charge in [0.1, 0.15) is 11.8 Å². The monoisotopic (exact) mass is 299 g/mol. The molecule has 4 heteroatoms. The third kappa shape index (κ3) is 3.86. The van der Waals surface area contributed by atoms with Crippen LogP contribution in [-0.2, 0) is 0 Å². The van der Waals surface area contributed by atoms with E-state index >= 15 is 0 Å². The Morgan fingerprint density at radius 1 is 1.09 bits per heavy atom.